The van der Waals surface area contributed by atoms with E-state index in [-0.39, 0.29) is 0 Å². The lowest BCUT2D eigenvalue weighted by atomic mass is 10.1. The first-order valence-electron chi connectivity index (χ1n) is 4.94. The van der Waals surface area contributed by atoms with E-state index in [1.807, 2.05) is 28.8 Å². The second-order valence-corrected chi connectivity index (χ2v) is 3.74. The minimum Gasteiger partial charge on any atom is -0.398 e. The molecule has 2 aromatic rings. The fraction of sp³-hybridized carbons (Fsp3) is 0.273. The maximum atomic E-state index is 5.90. The summed E-state index contributed by atoms with van der Waals surface area (Å²) in [4.78, 5) is 0. The van der Waals surface area contributed by atoms with E-state index in [2.05, 4.69) is 24.0 Å². The molecule has 0 saturated heterocycles. The number of nitrogens with zero attached hydrogens (tertiary/aromatic N) is 3. The standard InChI is InChI=1S/C11H14N4/c1-8(2)15-7-13-14-11(15)9-5-3-4-6-10(9)12/h3-8H,12H2,1-2H3. The van der Waals surface area contributed by atoms with Crippen LogP contribution in [0.1, 0.15) is 19.9 Å². The average Bonchev–Trinajstić information content (AvgIpc) is 2.67. The largest absolute Gasteiger partial charge is 0.398 e. The van der Waals surface area contributed by atoms with Crippen LogP contribution in [0.15, 0.2) is 30.6 Å². The van der Waals surface area contributed by atoms with Crippen molar-refractivity contribution in [1.82, 2.24) is 14.8 Å². The molecule has 0 radical (unpaired) electrons. The van der Waals surface area contributed by atoms with Gasteiger partial charge in [-0.1, -0.05) is 12.1 Å². The highest BCUT2D eigenvalue weighted by atomic mass is 15.3. The Hall–Kier alpha value is -1.84. The van der Waals surface area contributed by atoms with Crippen molar-refractivity contribution in [2.45, 2.75) is 19.9 Å². The molecule has 0 unspecified atom stereocenters. The normalized spacial score (nSPS) is 10.9. The number of nitrogen functional groups attached to an aromatic ring is 1. The van der Waals surface area contributed by atoms with Crippen LogP contribution in [0.4, 0.5) is 5.69 Å². The Bertz CT molecular complexity index is 459. The number of benzene rings is 1. The van der Waals surface area contributed by atoms with E-state index < -0.39 is 0 Å². The van der Waals surface area contributed by atoms with Crippen molar-refractivity contribution in [3.63, 3.8) is 0 Å². The highest BCUT2D eigenvalue weighted by molar-refractivity contribution is 5.71. The van der Waals surface area contributed by atoms with Gasteiger partial charge in [0.05, 0.1) is 0 Å². The van der Waals surface area contributed by atoms with Crippen molar-refractivity contribution >= 4 is 5.69 Å². The van der Waals surface area contributed by atoms with Crippen LogP contribution >= 0.6 is 0 Å². The van der Waals surface area contributed by atoms with E-state index in [1.165, 1.54) is 0 Å². The summed E-state index contributed by atoms with van der Waals surface area (Å²) in [5.74, 6) is 0.822. The van der Waals surface area contributed by atoms with Crippen LogP contribution in [-0.4, -0.2) is 14.8 Å². The number of hydrogen-bond acceptors (Lipinski definition) is 3. The number of nitrogens with two attached hydrogens (primary N) is 1. The van der Waals surface area contributed by atoms with E-state index >= 15 is 0 Å². The molecule has 0 aliphatic carbocycles. The Morgan fingerprint density at radius 1 is 1.27 bits per heavy atom. The van der Waals surface area contributed by atoms with Crippen LogP contribution in [0, 0.1) is 0 Å². The first-order chi connectivity index (χ1) is 7.20. The maximum Gasteiger partial charge on any atom is 0.166 e. The smallest absolute Gasteiger partial charge is 0.166 e. The van der Waals surface area contributed by atoms with Gasteiger partial charge in [0.15, 0.2) is 5.82 Å². The first-order valence-corrected chi connectivity index (χ1v) is 4.94. The van der Waals surface area contributed by atoms with Gasteiger partial charge in [-0.05, 0) is 26.0 Å². The summed E-state index contributed by atoms with van der Waals surface area (Å²) in [5.41, 5.74) is 7.56. The second kappa shape index (κ2) is 3.73. The third-order valence-corrected chi connectivity index (χ3v) is 2.33. The number of aromatic nitrogens is 3. The second-order valence-electron chi connectivity index (χ2n) is 3.74. The summed E-state index contributed by atoms with van der Waals surface area (Å²) >= 11 is 0. The molecule has 0 aliphatic rings. The molecule has 15 heavy (non-hydrogen) atoms. The van der Waals surface area contributed by atoms with Crippen LogP contribution in [-0.2, 0) is 0 Å². The van der Waals surface area contributed by atoms with E-state index in [1.54, 1.807) is 6.33 Å². The lowest BCUT2D eigenvalue weighted by Crippen LogP contribution is -2.03. The van der Waals surface area contributed by atoms with Crippen molar-refractivity contribution < 1.29 is 0 Å². The molecule has 0 aliphatic heterocycles. The molecule has 4 nitrogen and oxygen atoms in total. The molecule has 4 heteroatoms. The van der Waals surface area contributed by atoms with Gasteiger partial charge in [-0.3, -0.25) is 0 Å². The predicted octanol–water partition coefficient (Wildman–Crippen LogP) is 2.11. The van der Waals surface area contributed by atoms with E-state index in [0.29, 0.717) is 6.04 Å². The van der Waals surface area contributed by atoms with Crippen molar-refractivity contribution in [3.8, 4) is 11.4 Å². The maximum absolute atomic E-state index is 5.90. The van der Waals surface area contributed by atoms with Crippen molar-refractivity contribution in [2.24, 2.45) is 0 Å². The van der Waals surface area contributed by atoms with E-state index in [0.717, 1.165) is 17.1 Å². The molecule has 0 fully saturated rings. The zero-order chi connectivity index (χ0) is 10.8. The highest BCUT2D eigenvalue weighted by Crippen LogP contribution is 2.25. The predicted molar refractivity (Wildman–Crippen MR) is 60.3 cm³/mol. The molecule has 1 heterocycles. The van der Waals surface area contributed by atoms with Gasteiger partial charge in [0.1, 0.15) is 6.33 Å². The van der Waals surface area contributed by atoms with Crippen LogP contribution in [0.2, 0.25) is 0 Å². The molecule has 0 saturated carbocycles. The lowest BCUT2D eigenvalue weighted by molar-refractivity contribution is 0.604. The van der Waals surface area contributed by atoms with Crippen LogP contribution in [0.25, 0.3) is 11.4 Å². The monoisotopic (exact) mass is 202 g/mol. The number of hydrogen-bond donors (Lipinski definition) is 1. The highest BCUT2D eigenvalue weighted by Gasteiger charge is 2.11. The lowest BCUT2D eigenvalue weighted by Gasteiger charge is -2.11. The summed E-state index contributed by atoms with van der Waals surface area (Å²) in [6.07, 6.45) is 1.73. The zero-order valence-corrected chi connectivity index (χ0v) is 8.88. The Kier molecular flexibility index (Phi) is 2.41. The Morgan fingerprint density at radius 2 is 2.00 bits per heavy atom. The minimum atomic E-state index is 0.328. The molecular weight excluding hydrogens is 188 g/mol. The molecule has 1 aromatic heterocycles. The van der Waals surface area contributed by atoms with Gasteiger partial charge in [-0.2, -0.15) is 0 Å². The number of para-hydroxylation sites is 1. The van der Waals surface area contributed by atoms with Gasteiger partial charge in [-0.15, -0.1) is 10.2 Å². The quantitative estimate of drug-likeness (QED) is 0.759. The van der Waals surface area contributed by atoms with Crippen molar-refractivity contribution in [2.75, 3.05) is 5.73 Å². The fourth-order valence-corrected chi connectivity index (χ4v) is 1.51. The third kappa shape index (κ3) is 1.70. The summed E-state index contributed by atoms with van der Waals surface area (Å²) < 4.78 is 2.01. The first kappa shape index (κ1) is 9.71. The van der Waals surface area contributed by atoms with Gasteiger partial charge in [0.2, 0.25) is 0 Å². The van der Waals surface area contributed by atoms with Crippen molar-refractivity contribution in [1.29, 1.82) is 0 Å². The zero-order valence-electron chi connectivity index (χ0n) is 8.88. The van der Waals surface area contributed by atoms with Gasteiger partial charge >= 0.3 is 0 Å². The molecular formula is C11H14N4. The fourth-order valence-electron chi connectivity index (χ4n) is 1.51. The SMILES string of the molecule is CC(C)n1cnnc1-c1ccccc1N. The molecule has 0 bridgehead atoms. The van der Waals surface area contributed by atoms with Crippen LogP contribution < -0.4 is 5.73 Å². The third-order valence-electron chi connectivity index (χ3n) is 2.33. The molecule has 0 amide bonds. The average molecular weight is 202 g/mol. The molecule has 1 aromatic carbocycles. The summed E-state index contributed by atoms with van der Waals surface area (Å²) in [7, 11) is 0. The Morgan fingerprint density at radius 3 is 2.67 bits per heavy atom. The molecule has 2 rings (SSSR count). The van der Waals surface area contributed by atoms with Crippen LogP contribution in [0.5, 0.6) is 0 Å². The van der Waals surface area contributed by atoms with Gasteiger partial charge in [-0.25, -0.2) is 0 Å². The van der Waals surface area contributed by atoms with Crippen molar-refractivity contribution in [3.05, 3.63) is 30.6 Å². The summed E-state index contributed by atoms with van der Waals surface area (Å²) in [6.45, 7) is 4.18. The van der Waals surface area contributed by atoms with E-state index in [9.17, 15) is 0 Å². The van der Waals surface area contributed by atoms with Crippen LogP contribution in [0.3, 0.4) is 0 Å². The summed E-state index contributed by atoms with van der Waals surface area (Å²) in [6, 6.07) is 8.02. The number of rotatable bonds is 2. The minimum absolute atomic E-state index is 0.328. The molecule has 0 atom stereocenters. The number of anilines is 1. The topological polar surface area (TPSA) is 56.7 Å². The Balaban J connectivity index is 2.55. The summed E-state index contributed by atoms with van der Waals surface area (Å²) in [5, 5.41) is 8.02. The van der Waals surface area contributed by atoms with Gasteiger partial charge < -0.3 is 10.3 Å². The molecule has 2 N–H and O–H groups in total. The Labute approximate surface area is 88.8 Å². The van der Waals surface area contributed by atoms with E-state index in [4.69, 9.17) is 5.73 Å². The van der Waals surface area contributed by atoms with Gasteiger partial charge in [0, 0.05) is 17.3 Å². The molecule has 78 valence electrons. The van der Waals surface area contributed by atoms with Gasteiger partial charge in [0.25, 0.3) is 0 Å². The molecule has 0 spiro atoms.